The Kier molecular flexibility index (Phi) is 5.77. The van der Waals surface area contributed by atoms with Crippen molar-refractivity contribution in [3.63, 3.8) is 0 Å². The van der Waals surface area contributed by atoms with E-state index in [0.717, 1.165) is 25.7 Å². The van der Waals surface area contributed by atoms with Crippen molar-refractivity contribution in [2.24, 2.45) is 17.8 Å². The molecule has 3 nitrogen and oxygen atoms in total. The van der Waals surface area contributed by atoms with E-state index in [0.29, 0.717) is 23.9 Å². The Morgan fingerprint density at radius 2 is 1.56 bits per heavy atom. The van der Waals surface area contributed by atoms with Gasteiger partial charge in [-0.25, -0.2) is 0 Å². The average Bonchev–Trinajstić information content (AvgIpc) is 2.94. The highest BCUT2D eigenvalue weighted by atomic mass is 28.4. The van der Waals surface area contributed by atoms with Crippen LogP contribution in [0.5, 0.6) is 0 Å². The molecular formula is C20H40O3Si2. The molecule has 1 heterocycles. The van der Waals surface area contributed by atoms with E-state index in [1.807, 2.05) is 6.26 Å². The molecule has 0 bridgehead atoms. The first-order chi connectivity index (χ1) is 11.2. The zero-order valence-corrected chi connectivity index (χ0v) is 19.6. The molecule has 2 N–H and O–H groups in total. The standard InChI is InChI=1S/C20H40O3Si2/c1-19(2,24(5,6)21)11-9-16-15(13-18-17(16)10-12-23-18)14-20(3,4)25(7,8)22/h10,12,15-18,21-22H,9,11,13-14H2,1-8H3/t15-,16-,17+,18-/m0/s1. The summed E-state index contributed by atoms with van der Waals surface area (Å²) in [7, 11) is -4.37. The molecule has 1 aliphatic carbocycles. The van der Waals surface area contributed by atoms with Crippen LogP contribution >= 0.6 is 0 Å². The highest BCUT2D eigenvalue weighted by Gasteiger charge is 2.50. The van der Waals surface area contributed by atoms with E-state index >= 15 is 0 Å². The molecule has 0 aromatic rings. The fourth-order valence-corrected chi connectivity index (χ4v) is 5.79. The van der Waals surface area contributed by atoms with Crippen molar-refractivity contribution in [2.75, 3.05) is 0 Å². The van der Waals surface area contributed by atoms with Crippen molar-refractivity contribution in [3.8, 4) is 0 Å². The minimum Gasteiger partial charge on any atom is -0.498 e. The van der Waals surface area contributed by atoms with Gasteiger partial charge in [0, 0.05) is 5.92 Å². The van der Waals surface area contributed by atoms with E-state index in [-0.39, 0.29) is 10.1 Å². The molecule has 0 radical (unpaired) electrons. The third kappa shape index (κ3) is 4.42. The molecule has 0 saturated heterocycles. The van der Waals surface area contributed by atoms with Gasteiger partial charge in [0.15, 0.2) is 16.6 Å². The molecule has 2 aliphatic rings. The van der Waals surface area contributed by atoms with Crippen LogP contribution in [0.4, 0.5) is 0 Å². The maximum atomic E-state index is 10.7. The van der Waals surface area contributed by atoms with Gasteiger partial charge in [-0.1, -0.05) is 27.7 Å². The second kappa shape index (κ2) is 6.81. The van der Waals surface area contributed by atoms with Crippen molar-refractivity contribution in [2.45, 2.75) is 95.7 Å². The lowest BCUT2D eigenvalue weighted by Gasteiger charge is -2.40. The summed E-state index contributed by atoms with van der Waals surface area (Å²) < 4.78 is 5.86. The molecule has 1 fully saturated rings. The largest absolute Gasteiger partial charge is 0.498 e. The summed E-state index contributed by atoms with van der Waals surface area (Å²) in [5.74, 6) is 1.73. The molecule has 1 aliphatic heterocycles. The number of hydrogen-bond donors (Lipinski definition) is 2. The molecule has 1 saturated carbocycles. The minimum atomic E-state index is -2.20. The Hall–Kier alpha value is -0.106. The molecule has 0 unspecified atom stereocenters. The summed E-state index contributed by atoms with van der Waals surface area (Å²) in [5.41, 5.74) is 0. The van der Waals surface area contributed by atoms with E-state index in [2.05, 4.69) is 60.0 Å². The van der Waals surface area contributed by atoms with Crippen molar-refractivity contribution in [3.05, 3.63) is 12.3 Å². The van der Waals surface area contributed by atoms with E-state index in [4.69, 9.17) is 4.74 Å². The zero-order valence-electron chi connectivity index (χ0n) is 17.6. The van der Waals surface area contributed by atoms with Crippen molar-refractivity contribution in [1.82, 2.24) is 0 Å². The summed E-state index contributed by atoms with van der Waals surface area (Å²) in [6.45, 7) is 17.2. The molecule has 25 heavy (non-hydrogen) atoms. The molecule has 146 valence electrons. The number of rotatable bonds is 7. The summed E-state index contributed by atoms with van der Waals surface area (Å²) in [6.07, 6.45) is 8.89. The summed E-state index contributed by atoms with van der Waals surface area (Å²) >= 11 is 0. The van der Waals surface area contributed by atoms with Crippen LogP contribution < -0.4 is 0 Å². The molecule has 0 spiro atoms. The maximum Gasteiger partial charge on any atom is 0.188 e. The van der Waals surface area contributed by atoms with Crippen LogP contribution in [0.3, 0.4) is 0 Å². The second-order valence-corrected chi connectivity index (χ2v) is 19.8. The molecule has 0 aromatic carbocycles. The third-order valence-corrected chi connectivity index (χ3v) is 14.9. The van der Waals surface area contributed by atoms with E-state index in [1.54, 1.807) is 0 Å². The van der Waals surface area contributed by atoms with Gasteiger partial charge in [0.2, 0.25) is 0 Å². The molecular weight excluding hydrogens is 344 g/mol. The Labute approximate surface area is 157 Å². The fraction of sp³-hybridized carbons (Fsp3) is 0.900. The van der Waals surface area contributed by atoms with Crippen LogP contribution in [0.2, 0.25) is 36.3 Å². The van der Waals surface area contributed by atoms with Gasteiger partial charge < -0.3 is 14.3 Å². The van der Waals surface area contributed by atoms with Crippen LogP contribution in [-0.2, 0) is 4.74 Å². The van der Waals surface area contributed by atoms with Crippen LogP contribution in [0.1, 0.15) is 53.4 Å². The fourth-order valence-electron chi connectivity index (χ4n) is 4.27. The Balaban J connectivity index is 2.13. The van der Waals surface area contributed by atoms with Gasteiger partial charge in [-0.05, 0) is 79.9 Å². The number of hydrogen-bond acceptors (Lipinski definition) is 3. The van der Waals surface area contributed by atoms with Crippen molar-refractivity contribution in [1.29, 1.82) is 0 Å². The zero-order chi connectivity index (χ0) is 19.3. The molecule has 0 amide bonds. The van der Waals surface area contributed by atoms with Crippen molar-refractivity contribution >= 4 is 16.6 Å². The quantitative estimate of drug-likeness (QED) is 0.587. The summed E-state index contributed by atoms with van der Waals surface area (Å²) in [4.78, 5) is 21.4. The summed E-state index contributed by atoms with van der Waals surface area (Å²) in [5, 5.41) is 0.0398. The van der Waals surface area contributed by atoms with Crippen LogP contribution in [-0.4, -0.2) is 32.3 Å². The van der Waals surface area contributed by atoms with Gasteiger partial charge in [-0.2, -0.15) is 0 Å². The highest BCUT2D eigenvalue weighted by Crippen LogP contribution is 2.54. The predicted octanol–water partition coefficient (Wildman–Crippen LogP) is 5.28. The molecule has 4 atom stereocenters. The van der Waals surface area contributed by atoms with Gasteiger partial charge in [0.25, 0.3) is 0 Å². The first-order valence-electron chi connectivity index (χ1n) is 9.93. The lowest BCUT2D eigenvalue weighted by atomic mass is 9.80. The van der Waals surface area contributed by atoms with E-state index in [1.165, 1.54) is 0 Å². The third-order valence-electron chi connectivity index (χ3n) is 7.81. The first-order valence-corrected chi connectivity index (χ1v) is 15.8. The lowest BCUT2D eigenvalue weighted by molar-refractivity contribution is 0.143. The Morgan fingerprint density at radius 3 is 2.08 bits per heavy atom. The predicted molar refractivity (Wildman–Crippen MR) is 110 cm³/mol. The van der Waals surface area contributed by atoms with Crippen molar-refractivity contribution < 1.29 is 14.3 Å². The SMILES string of the molecule is CC(C)(CC[C@H]1[C@H](CC(C)(C)[Si](C)(C)O)C[C@@H]2OC=C[C@H]12)[Si](C)(C)O. The molecule has 0 aromatic heterocycles. The molecule has 2 rings (SSSR count). The van der Waals surface area contributed by atoms with Gasteiger partial charge in [0.05, 0.1) is 6.26 Å². The topological polar surface area (TPSA) is 49.7 Å². The summed E-state index contributed by atoms with van der Waals surface area (Å²) in [6, 6.07) is 0. The Morgan fingerprint density at radius 1 is 1.00 bits per heavy atom. The smallest absolute Gasteiger partial charge is 0.188 e. The van der Waals surface area contributed by atoms with Gasteiger partial charge in [0.1, 0.15) is 6.10 Å². The normalized spacial score (nSPS) is 30.5. The Bertz CT molecular complexity index is 500. The van der Waals surface area contributed by atoms with Gasteiger partial charge >= 0.3 is 0 Å². The number of ether oxygens (including phenoxy) is 1. The highest BCUT2D eigenvalue weighted by molar-refractivity contribution is 6.73. The van der Waals surface area contributed by atoms with Crippen LogP contribution in [0.15, 0.2) is 12.3 Å². The first kappa shape index (κ1) is 21.2. The van der Waals surface area contributed by atoms with Crippen LogP contribution in [0, 0.1) is 17.8 Å². The van der Waals surface area contributed by atoms with E-state index < -0.39 is 16.6 Å². The monoisotopic (exact) mass is 384 g/mol. The maximum absolute atomic E-state index is 10.7. The van der Waals surface area contributed by atoms with Gasteiger partial charge in [-0.3, -0.25) is 0 Å². The lowest BCUT2D eigenvalue weighted by Crippen LogP contribution is -2.41. The second-order valence-electron chi connectivity index (χ2n) is 10.9. The number of fused-ring (bicyclic) bond motifs is 1. The van der Waals surface area contributed by atoms with Crippen LogP contribution in [0.25, 0.3) is 0 Å². The average molecular weight is 385 g/mol. The van der Waals surface area contributed by atoms with Gasteiger partial charge in [-0.15, -0.1) is 0 Å². The minimum absolute atomic E-state index is 0.0127. The van der Waals surface area contributed by atoms with E-state index in [9.17, 15) is 9.59 Å². The molecule has 5 heteroatoms.